The van der Waals surface area contributed by atoms with Crippen molar-refractivity contribution in [2.45, 2.75) is 145 Å². The zero-order valence-corrected chi connectivity index (χ0v) is 40.0. The number of rotatable bonds is 4. The molecule has 0 amide bonds. The van der Waals surface area contributed by atoms with Gasteiger partial charge in [0.05, 0.1) is 5.69 Å². The molecule has 4 heterocycles. The van der Waals surface area contributed by atoms with Crippen LogP contribution in [0.4, 0.5) is 17.2 Å². The number of fused-ring (bicyclic) bond motifs is 5. The molecule has 2 aliphatic heterocycles. The fourth-order valence-corrected chi connectivity index (χ4v) is 8.96. The largest absolute Gasteiger partial charge is 2.00 e. The molecule has 0 radical (unpaired) electrons. The molecule has 0 fully saturated rings. The Balaban J connectivity index is 0.00000561. The molecule has 0 unspecified atom stereocenters. The van der Waals surface area contributed by atoms with E-state index >= 15 is 0 Å². The predicted molar refractivity (Wildman–Crippen MR) is 237 cm³/mol. The molecule has 2 aromatic heterocycles. The minimum Gasteiger partial charge on any atom is -0.510 e. The summed E-state index contributed by atoms with van der Waals surface area (Å²) in [6, 6.07) is 26.5. The summed E-state index contributed by atoms with van der Waals surface area (Å²) in [7, 11) is 0. The van der Waals surface area contributed by atoms with Crippen LogP contribution < -0.4 is 9.64 Å². The summed E-state index contributed by atoms with van der Waals surface area (Å²) in [5, 5.41) is 0. The number of nitrogens with zero attached hydrogens (tertiary/aromatic N) is 4. The molecule has 3 aliphatic rings. The number of pyridine rings is 2. The molecule has 6 nitrogen and oxygen atoms in total. The Hall–Kier alpha value is -4.28. The first-order valence-corrected chi connectivity index (χ1v) is 20.6. The van der Waals surface area contributed by atoms with Gasteiger partial charge in [0.2, 0.25) is 0 Å². The molecule has 7 heteroatoms. The van der Waals surface area contributed by atoms with E-state index in [1.807, 2.05) is 59.9 Å². The first kappa shape index (κ1) is 40.1. The zero-order valence-electron chi connectivity index (χ0n) is 39.7. The molecular weight excluding hydrogens is 908 g/mol. The van der Waals surface area contributed by atoms with Gasteiger partial charge in [-0.25, -0.2) is 4.98 Å². The molecule has 3 aromatic carbocycles. The van der Waals surface area contributed by atoms with Crippen LogP contribution in [0, 0.1) is 45.2 Å². The summed E-state index contributed by atoms with van der Waals surface area (Å²) in [6.07, 6.45) is -0.00172. The van der Waals surface area contributed by atoms with Crippen LogP contribution in [-0.4, -0.2) is 21.5 Å². The summed E-state index contributed by atoms with van der Waals surface area (Å²) in [5.74, 6) is 2.22. The Morgan fingerprint density at radius 3 is 2.15 bits per heavy atom. The van der Waals surface area contributed by atoms with Crippen molar-refractivity contribution in [2.75, 3.05) is 4.90 Å². The Kier molecular flexibility index (Phi) is 9.44. The van der Waals surface area contributed by atoms with Crippen molar-refractivity contribution in [2.24, 2.45) is 10.4 Å². The summed E-state index contributed by atoms with van der Waals surface area (Å²) >= 11 is 0. The quantitative estimate of drug-likeness (QED) is 0.168. The zero-order chi connectivity index (χ0) is 43.9. The molecule has 310 valence electrons. The Morgan fingerprint density at radius 2 is 1.49 bits per heavy atom. The maximum Gasteiger partial charge on any atom is 2.00 e. The average molecular weight is 970 g/mol. The summed E-state index contributed by atoms with van der Waals surface area (Å²) in [5.41, 5.74) is 8.34. The fourth-order valence-electron chi connectivity index (χ4n) is 8.96. The van der Waals surface area contributed by atoms with Crippen LogP contribution in [0.15, 0.2) is 65.8 Å². The Bertz CT molecular complexity index is 2650. The molecule has 0 N–H and O–H groups in total. The van der Waals surface area contributed by atoms with Gasteiger partial charge in [0, 0.05) is 43.6 Å². The number of benzene rings is 3. The third kappa shape index (κ3) is 6.77. The minimum absolute atomic E-state index is 0. The van der Waals surface area contributed by atoms with Crippen molar-refractivity contribution in [1.82, 2.24) is 9.97 Å². The van der Waals surface area contributed by atoms with Crippen molar-refractivity contribution in [1.29, 1.82) is 0 Å². The predicted octanol–water partition coefficient (Wildman–Crippen LogP) is 12.8. The Morgan fingerprint density at radius 1 is 0.797 bits per heavy atom. The standard InChI is InChI=1S/C52H60N4O2.Pt/c1-30-17-18-41-39(21-30)50(14,15)40-23-32(3)43(28-42(40)56(41)44-27-36(19-20-53-44)47(5,6)7)57-38-25-34(24-37(26-38)48(8,9)10)46-55-51(16)45-35(22-31(2)33(4)54-45)29-52(51,58-46)49(11,12)13;/h17-24,26-27H,29H2,1-16H3;/q-2;+2/t51-,52-;/m1./s1/i29D2;. The van der Waals surface area contributed by atoms with Crippen LogP contribution in [0.1, 0.15) is 147 Å². The van der Waals surface area contributed by atoms with Crippen LogP contribution in [0.3, 0.4) is 0 Å². The van der Waals surface area contributed by atoms with E-state index in [4.69, 9.17) is 24.4 Å². The number of ether oxygens (including phenoxy) is 2. The summed E-state index contributed by atoms with van der Waals surface area (Å²) in [4.78, 5) is 17.6. The van der Waals surface area contributed by atoms with Gasteiger partial charge >= 0.3 is 21.1 Å². The molecule has 2 atom stereocenters. The van der Waals surface area contributed by atoms with E-state index in [2.05, 4.69) is 129 Å². The second-order valence-electron chi connectivity index (χ2n) is 20.6. The second-order valence-corrected chi connectivity index (χ2v) is 20.6. The van der Waals surface area contributed by atoms with Crippen LogP contribution in [0.25, 0.3) is 0 Å². The summed E-state index contributed by atoms with van der Waals surface area (Å²) in [6.45, 7) is 34.0. The first-order chi connectivity index (χ1) is 27.6. The van der Waals surface area contributed by atoms with E-state index in [1.165, 1.54) is 16.7 Å². The molecule has 5 aromatic rings. The minimum atomic E-state index is -1.90. The van der Waals surface area contributed by atoms with Gasteiger partial charge in [-0.1, -0.05) is 130 Å². The molecule has 0 spiro atoms. The molecule has 0 saturated heterocycles. The van der Waals surface area contributed by atoms with Gasteiger partial charge in [0.15, 0.2) is 0 Å². The fraction of sp³-hybridized carbons (Fsp3) is 0.442. The van der Waals surface area contributed by atoms with Crippen LogP contribution in [-0.2, 0) is 54.0 Å². The van der Waals surface area contributed by atoms with E-state index in [0.29, 0.717) is 34.2 Å². The summed E-state index contributed by atoms with van der Waals surface area (Å²) < 4.78 is 33.5. The van der Waals surface area contributed by atoms with E-state index in [0.717, 1.165) is 45.1 Å². The number of hydrogen-bond donors (Lipinski definition) is 0. The molecule has 8 rings (SSSR count). The topological polar surface area (TPSA) is 59.8 Å². The van der Waals surface area contributed by atoms with Crippen molar-refractivity contribution in [3.8, 4) is 11.5 Å². The van der Waals surface area contributed by atoms with Crippen molar-refractivity contribution < 1.29 is 33.3 Å². The van der Waals surface area contributed by atoms with Gasteiger partial charge in [-0.2, -0.15) is 6.07 Å². The van der Waals surface area contributed by atoms with Crippen molar-refractivity contribution in [3.05, 3.63) is 134 Å². The normalized spacial score (nSPS) is 21.8. The first-order valence-electron chi connectivity index (χ1n) is 21.6. The molecule has 0 bridgehead atoms. The van der Waals surface area contributed by atoms with Gasteiger partial charge in [0.1, 0.15) is 22.9 Å². The van der Waals surface area contributed by atoms with Crippen LogP contribution >= 0.6 is 0 Å². The van der Waals surface area contributed by atoms with Gasteiger partial charge in [-0.3, -0.25) is 9.98 Å². The van der Waals surface area contributed by atoms with E-state index < -0.39 is 22.9 Å². The molecule has 59 heavy (non-hydrogen) atoms. The average Bonchev–Trinajstić information content (AvgIpc) is 3.55. The maximum atomic E-state index is 9.76. The monoisotopic (exact) mass is 969 g/mol. The third-order valence-corrected chi connectivity index (χ3v) is 12.7. The van der Waals surface area contributed by atoms with Crippen molar-refractivity contribution >= 4 is 23.1 Å². The number of hydrogen-bond acceptors (Lipinski definition) is 6. The number of aryl methyl sites for hydroxylation is 4. The molecule has 1 aliphatic carbocycles. The van der Waals surface area contributed by atoms with Crippen LogP contribution in [0.2, 0.25) is 0 Å². The van der Waals surface area contributed by atoms with Crippen LogP contribution in [0.5, 0.6) is 11.5 Å². The SMILES string of the molecule is [2H]C1([2H])c2cc(C)c(C)nc2[C@@]2(C)N=C(c3[c-]c(Oc4[c-]c5c(cc4C)C(C)(C)c4cc(C)ccc4N5c4cc(C(C)(C)C)ccn4)cc(C(C)(C)C)c3)O[C@@]12C(C)(C)C.[Pt+2]. The van der Waals surface area contributed by atoms with E-state index in [-0.39, 0.29) is 37.3 Å². The number of aromatic nitrogens is 2. The second kappa shape index (κ2) is 13.9. The van der Waals surface area contributed by atoms with Gasteiger partial charge in [-0.15, -0.1) is 28.8 Å². The Labute approximate surface area is 370 Å². The third-order valence-electron chi connectivity index (χ3n) is 12.7. The van der Waals surface area contributed by atoms with Crippen molar-refractivity contribution in [3.63, 3.8) is 0 Å². The molecule has 0 saturated carbocycles. The smallest absolute Gasteiger partial charge is 0.510 e. The van der Waals surface area contributed by atoms with E-state index in [9.17, 15) is 2.74 Å². The van der Waals surface area contributed by atoms with E-state index in [1.54, 1.807) is 0 Å². The number of aliphatic imine (C=N–C) groups is 1. The van der Waals surface area contributed by atoms with Gasteiger partial charge < -0.3 is 14.4 Å². The van der Waals surface area contributed by atoms with Gasteiger partial charge in [0.25, 0.3) is 0 Å². The number of anilines is 3. The van der Waals surface area contributed by atoms with Gasteiger partial charge in [-0.05, 0) is 84.4 Å². The maximum absolute atomic E-state index is 9.76. The molecular formula is C52H60N4O2Pt.